The molecule has 4 nitrogen and oxygen atoms in total. The van der Waals surface area contributed by atoms with Crippen LogP contribution >= 0.6 is 0 Å². The molecule has 2 N–H and O–H groups in total. The fourth-order valence-electron chi connectivity index (χ4n) is 6.23. The van der Waals surface area contributed by atoms with E-state index in [0.29, 0.717) is 0 Å². The van der Waals surface area contributed by atoms with Gasteiger partial charge in [0.05, 0.1) is 10.7 Å². The average Bonchev–Trinajstić information content (AvgIpc) is 2.95. The van der Waals surface area contributed by atoms with Gasteiger partial charge in [-0.25, -0.2) is 0 Å². The third-order valence-corrected chi connectivity index (χ3v) is 32.2. The molecule has 0 amide bonds. The second-order valence-electron chi connectivity index (χ2n) is 21.9. The fourth-order valence-corrected chi connectivity index (χ4v) is 11.0. The molecule has 282 valence electrons. The Labute approximate surface area is 320 Å². The number of nitrogens with zero attached hydrogens (tertiary/aromatic N) is 2. The van der Waals surface area contributed by atoms with Crippen molar-refractivity contribution in [3.8, 4) is 0 Å². The molecule has 0 spiro atoms. The molecule has 0 fully saturated rings. The van der Waals surface area contributed by atoms with Crippen LogP contribution in [-0.4, -0.2) is 32.9 Å². The van der Waals surface area contributed by atoms with Gasteiger partial charge in [-0.1, -0.05) is 134 Å². The van der Waals surface area contributed by atoms with Gasteiger partial charge >= 0.3 is 0 Å². The van der Waals surface area contributed by atoms with Crippen molar-refractivity contribution in [1.29, 1.82) is 0 Å². The van der Waals surface area contributed by atoms with Gasteiger partial charge in [-0.2, -0.15) is 0 Å². The standard InChI is InChI=1S/C44H70N4Si4/c1-41(2,3)49(13,14)45-33-25-21-29-31-23-27-35(47-51(17,18)43(7,8)9)40-36(48-52(19,20)44(10,11)12)28-24-32(38(31)40)30-22-26-34(39(33)37(29)30)46-50(15,16)42(4,5)6/h21-28,45,48H,1-20H3/b46-34+,47-35+. The van der Waals surface area contributed by atoms with E-state index < -0.39 is 32.9 Å². The molecule has 0 unspecified atom stereocenters. The number of fused-ring (bicyclic) bond motifs is 2. The Morgan fingerprint density at radius 2 is 0.635 bits per heavy atom. The van der Waals surface area contributed by atoms with Crippen LogP contribution in [0.25, 0.3) is 43.1 Å². The fraction of sp³-hybridized carbons (Fsp3) is 0.545. The van der Waals surface area contributed by atoms with E-state index in [1.807, 2.05) is 0 Å². The van der Waals surface area contributed by atoms with Crippen LogP contribution in [0.15, 0.2) is 57.8 Å². The summed E-state index contributed by atoms with van der Waals surface area (Å²) in [5.74, 6) is 0. The maximum atomic E-state index is 5.74. The van der Waals surface area contributed by atoms with Crippen LogP contribution in [0.1, 0.15) is 83.1 Å². The zero-order valence-electron chi connectivity index (χ0n) is 36.5. The molecular formula is C44H70N4Si4. The predicted octanol–water partition coefficient (Wildman–Crippen LogP) is 13.8. The Balaban J connectivity index is 2.04. The lowest BCUT2D eigenvalue weighted by Crippen LogP contribution is -2.46. The van der Waals surface area contributed by atoms with E-state index in [9.17, 15) is 0 Å². The summed E-state index contributed by atoms with van der Waals surface area (Å²) in [5, 5.41) is 13.3. The smallest absolute Gasteiger partial charge is 0.181 e. The summed E-state index contributed by atoms with van der Waals surface area (Å²) in [7, 11) is -7.88. The van der Waals surface area contributed by atoms with Gasteiger partial charge in [0, 0.05) is 32.9 Å². The van der Waals surface area contributed by atoms with E-state index in [1.54, 1.807) is 0 Å². The topological polar surface area (TPSA) is 48.8 Å². The first-order valence-corrected chi connectivity index (χ1v) is 31.4. The molecule has 0 aliphatic rings. The minimum Gasteiger partial charge on any atom is -0.410 e. The number of hydrogen-bond acceptors (Lipinski definition) is 4. The van der Waals surface area contributed by atoms with Gasteiger partial charge in [0.1, 0.15) is 0 Å². The van der Waals surface area contributed by atoms with Crippen molar-refractivity contribution in [3.05, 3.63) is 59.2 Å². The maximum Gasteiger partial charge on any atom is 0.181 e. The van der Waals surface area contributed by atoms with Crippen molar-refractivity contribution in [2.24, 2.45) is 9.32 Å². The molecular weight excluding hydrogens is 697 g/mol. The lowest BCUT2D eigenvalue weighted by Gasteiger charge is -2.39. The minimum absolute atomic E-state index is 0.134. The number of nitrogens with one attached hydrogen (secondary N) is 2. The summed E-state index contributed by atoms with van der Waals surface area (Å²) in [4.78, 5) is 8.39. The van der Waals surface area contributed by atoms with Crippen molar-refractivity contribution in [1.82, 2.24) is 0 Å². The van der Waals surface area contributed by atoms with Gasteiger partial charge in [0.15, 0.2) is 32.9 Å². The van der Waals surface area contributed by atoms with Crippen LogP contribution in [-0.2, 0) is 0 Å². The monoisotopic (exact) mass is 766 g/mol. The zero-order valence-corrected chi connectivity index (χ0v) is 40.5. The Morgan fingerprint density at radius 1 is 0.365 bits per heavy atom. The van der Waals surface area contributed by atoms with Crippen molar-refractivity contribution < 1.29 is 0 Å². The first kappa shape index (κ1) is 40.6. The second-order valence-corrected chi connectivity index (χ2v) is 41.6. The summed E-state index contributed by atoms with van der Waals surface area (Å²) in [6.07, 6.45) is 0. The molecule has 0 radical (unpaired) electrons. The number of benzene rings is 5. The summed E-state index contributed by atoms with van der Waals surface area (Å²) >= 11 is 0. The lowest BCUT2D eigenvalue weighted by atomic mass is 9.88. The Bertz CT molecular complexity index is 2110. The highest BCUT2D eigenvalue weighted by molar-refractivity contribution is 6.84. The predicted molar refractivity (Wildman–Crippen MR) is 246 cm³/mol. The van der Waals surface area contributed by atoms with E-state index in [0.717, 1.165) is 10.7 Å². The summed E-state index contributed by atoms with van der Waals surface area (Å²) < 4.78 is 11.5. The number of hydrogen-bond donors (Lipinski definition) is 2. The molecule has 5 rings (SSSR count). The molecule has 0 saturated carbocycles. The van der Waals surface area contributed by atoms with E-state index >= 15 is 0 Å². The minimum atomic E-state index is -2.02. The molecule has 0 aliphatic carbocycles. The van der Waals surface area contributed by atoms with Gasteiger partial charge in [0.25, 0.3) is 0 Å². The molecule has 0 heterocycles. The molecule has 0 aromatic heterocycles. The van der Waals surface area contributed by atoms with E-state index in [-0.39, 0.29) is 20.2 Å². The quantitative estimate of drug-likeness (QED) is 0.103. The van der Waals surface area contributed by atoms with Gasteiger partial charge in [-0.05, 0) is 92.2 Å². The summed E-state index contributed by atoms with van der Waals surface area (Å²) in [5.41, 5.74) is 2.45. The van der Waals surface area contributed by atoms with Gasteiger partial charge in [-0.15, -0.1) is 0 Å². The van der Waals surface area contributed by atoms with Crippen LogP contribution in [0.5, 0.6) is 0 Å². The number of anilines is 2. The highest BCUT2D eigenvalue weighted by Crippen LogP contribution is 2.46. The summed E-state index contributed by atoms with van der Waals surface area (Å²) in [6, 6.07) is 19.0. The second kappa shape index (κ2) is 12.5. The van der Waals surface area contributed by atoms with Crippen molar-refractivity contribution >= 4 is 87.4 Å². The van der Waals surface area contributed by atoms with E-state index in [1.165, 1.54) is 54.5 Å². The highest BCUT2D eigenvalue weighted by Gasteiger charge is 2.39. The number of rotatable bonds is 6. The summed E-state index contributed by atoms with van der Waals surface area (Å²) in [6.45, 7) is 48.0. The molecule has 52 heavy (non-hydrogen) atoms. The lowest BCUT2D eigenvalue weighted by molar-refractivity contribution is 0.716. The Kier molecular flexibility index (Phi) is 9.77. The van der Waals surface area contributed by atoms with Crippen LogP contribution in [0.2, 0.25) is 72.5 Å². The molecule has 0 aliphatic heterocycles. The van der Waals surface area contributed by atoms with Gasteiger partial charge in [-0.3, -0.25) is 0 Å². The molecule has 8 heteroatoms. The van der Waals surface area contributed by atoms with Gasteiger partial charge < -0.3 is 19.3 Å². The Morgan fingerprint density at radius 3 is 0.885 bits per heavy atom. The average molecular weight is 767 g/mol. The first-order chi connectivity index (χ1) is 23.3. The van der Waals surface area contributed by atoms with Crippen molar-refractivity contribution in [3.63, 3.8) is 0 Å². The molecule has 5 aromatic carbocycles. The van der Waals surface area contributed by atoms with Crippen LogP contribution in [0.4, 0.5) is 11.4 Å². The molecule has 0 atom stereocenters. The largest absolute Gasteiger partial charge is 0.410 e. The van der Waals surface area contributed by atoms with E-state index in [4.69, 9.17) is 9.32 Å². The van der Waals surface area contributed by atoms with Crippen molar-refractivity contribution in [2.75, 3.05) is 9.96 Å². The van der Waals surface area contributed by atoms with E-state index in [2.05, 4.69) is 194 Å². The third-order valence-electron chi connectivity index (χ3n) is 14.0. The van der Waals surface area contributed by atoms with Crippen molar-refractivity contribution in [2.45, 2.75) is 156 Å². The first-order valence-electron chi connectivity index (χ1n) is 19.5. The molecule has 0 bridgehead atoms. The maximum absolute atomic E-state index is 5.74. The van der Waals surface area contributed by atoms with Crippen LogP contribution < -0.4 is 20.7 Å². The van der Waals surface area contributed by atoms with Gasteiger partial charge in [0.2, 0.25) is 0 Å². The Hall–Kier alpha value is -2.53. The molecule has 5 aromatic rings. The third kappa shape index (κ3) is 6.95. The normalized spacial score (nSPS) is 15.5. The SMILES string of the molecule is CC(C)(C)[Si](C)(C)/N=c1\ccc2c3ccc(N[Si](C)(C)C(C)(C)C)c4/c(=N/[Si](C)(C)C(C)(C)C)ccc(c5ccc(N[Si](C)(C)C(C)(C)C)c1c52)c43. The van der Waals surface area contributed by atoms with Crippen LogP contribution in [0, 0.1) is 0 Å². The van der Waals surface area contributed by atoms with Crippen LogP contribution in [0.3, 0.4) is 0 Å². The highest BCUT2D eigenvalue weighted by atomic mass is 28.3. The zero-order chi connectivity index (χ0) is 39.4. The molecule has 0 saturated heterocycles.